The van der Waals surface area contributed by atoms with Gasteiger partial charge in [-0.05, 0) is 37.2 Å². The quantitative estimate of drug-likeness (QED) is 0.598. The van der Waals surface area contributed by atoms with E-state index in [0.717, 1.165) is 29.8 Å². The van der Waals surface area contributed by atoms with Gasteiger partial charge in [0.25, 0.3) is 0 Å². The molecule has 164 valence electrons. The molecule has 0 saturated heterocycles. The fourth-order valence-corrected chi connectivity index (χ4v) is 6.46. The van der Waals surface area contributed by atoms with E-state index in [4.69, 9.17) is 0 Å². The zero-order valence-corrected chi connectivity index (χ0v) is 17.4. The Morgan fingerprint density at radius 2 is 2.07 bits per heavy atom. The van der Waals surface area contributed by atoms with Crippen LogP contribution in [0.15, 0.2) is 18.5 Å². The van der Waals surface area contributed by atoms with Crippen LogP contribution < -0.4 is 0 Å². The maximum absolute atomic E-state index is 12.4. The van der Waals surface area contributed by atoms with Gasteiger partial charge in [-0.25, -0.2) is 13.4 Å². The number of halogens is 3. The smallest absolute Gasteiger partial charge is 0.345 e. The van der Waals surface area contributed by atoms with Gasteiger partial charge in [-0.1, -0.05) is 13.3 Å². The molecule has 1 aliphatic carbocycles. The fourth-order valence-electron chi connectivity index (χ4n) is 4.72. The number of alkyl halides is 3. The summed E-state index contributed by atoms with van der Waals surface area (Å²) in [5.41, 5.74) is 2.22. The number of nitrogens with zero attached hydrogens (tertiary/aromatic N) is 4. The van der Waals surface area contributed by atoms with Gasteiger partial charge in [0.2, 0.25) is 0 Å². The van der Waals surface area contributed by atoms with Gasteiger partial charge in [-0.3, -0.25) is 4.40 Å². The Hall–Kier alpha value is -2.17. The fraction of sp³-hybridized carbons (Fsp3) is 0.632. The molecule has 0 unspecified atom stereocenters. The number of rotatable bonds is 7. The third kappa shape index (κ3) is 4.30. The van der Waals surface area contributed by atoms with Crippen LogP contribution in [0.1, 0.15) is 50.8 Å². The first-order valence-electron chi connectivity index (χ1n) is 10.1. The largest absolute Gasteiger partial charge is 0.389 e. The highest BCUT2D eigenvalue weighted by Crippen LogP contribution is 2.45. The number of aromatic nitrogens is 5. The monoisotopic (exact) mass is 443 g/mol. The average Bonchev–Trinajstić information content (AvgIpc) is 3.36. The van der Waals surface area contributed by atoms with E-state index in [0.29, 0.717) is 12.1 Å². The van der Waals surface area contributed by atoms with Gasteiger partial charge in [0.15, 0.2) is 21.1 Å². The minimum Gasteiger partial charge on any atom is -0.345 e. The Morgan fingerprint density at radius 3 is 2.80 bits per heavy atom. The van der Waals surface area contributed by atoms with Crippen molar-refractivity contribution in [1.29, 1.82) is 0 Å². The van der Waals surface area contributed by atoms with Gasteiger partial charge in [0.1, 0.15) is 5.82 Å². The topological polar surface area (TPSA) is 93.0 Å². The van der Waals surface area contributed by atoms with Crippen molar-refractivity contribution in [3.05, 3.63) is 24.3 Å². The summed E-state index contributed by atoms with van der Waals surface area (Å²) in [6.07, 6.45) is -0.116. The summed E-state index contributed by atoms with van der Waals surface area (Å²) < 4.78 is 63.8. The maximum atomic E-state index is 12.4. The lowest BCUT2D eigenvalue weighted by molar-refractivity contribution is -0.134. The summed E-state index contributed by atoms with van der Waals surface area (Å²) in [6.45, 7) is 2.06. The highest BCUT2D eigenvalue weighted by atomic mass is 32.2. The van der Waals surface area contributed by atoms with Crippen molar-refractivity contribution in [3.63, 3.8) is 0 Å². The minimum atomic E-state index is -4.32. The SMILES string of the molecule is CC[C@@H]1C[C@H](CS(=O)(=O)CCCC(F)(F)F)C[C@@H]1c1nnc2cnc3[nH]ccc3n12. The van der Waals surface area contributed by atoms with Crippen molar-refractivity contribution >= 4 is 26.6 Å². The molecule has 0 radical (unpaired) electrons. The van der Waals surface area contributed by atoms with E-state index >= 15 is 0 Å². The van der Waals surface area contributed by atoms with E-state index in [1.54, 1.807) is 12.4 Å². The highest BCUT2D eigenvalue weighted by molar-refractivity contribution is 7.91. The second-order valence-electron chi connectivity index (χ2n) is 8.17. The summed E-state index contributed by atoms with van der Waals surface area (Å²) in [6, 6.07) is 1.90. The lowest BCUT2D eigenvalue weighted by atomic mass is 9.93. The van der Waals surface area contributed by atoms with Crippen LogP contribution in [0.3, 0.4) is 0 Å². The lowest BCUT2D eigenvalue weighted by Gasteiger charge is -2.16. The van der Waals surface area contributed by atoms with E-state index in [1.807, 2.05) is 10.5 Å². The highest BCUT2D eigenvalue weighted by Gasteiger charge is 2.39. The molecule has 3 heterocycles. The second kappa shape index (κ2) is 7.82. The molecule has 1 aliphatic rings. The summed E-state index contributed by atoms with van der Waals surface area (Å²) in [7, 11) is -3.54. The molecule has 0 spiro atoms. The lowest BCUT2D eigenvalue weighted by Crippen LogP contribution is -2.19. The van der Waals surface area contributed by atoms with Crippen LogP contribution in [0, 0.1) is 11.8 Å². The van der Waals surface area contributed by atoms with Crippen molar-refractivity contribution in [1.82, 2.24) is 24.6 Å². The number of fused-ring (bicyclic) bond motifs is 3. The molecule has 0 amide bonds. The van der Waals surface area contributed by atoms with Crippen LogP contribution in [0.25, 0.3) is 16.8 Å². The van der Waals surface area contributed by atoms with Crippen molar-refractivity contribution < 1.29 is 21.6 Å². The molecular formula is C19H24F3N5O2S. The number of sulfone groups is 1. The Balaban J connectivity index is 1.52. The van der Waals surface area contributed by atoms with E-state index in [2.05, 4.69) is 27.1 Å². The normalized spacial score (nSPS) is 23.0. The van der Waals surface area contributed by atoms with Gasteiger partial charge in [0.05, 0.1) is 23.2 Å². The molecule has 7 nitrogen and oxygen atoms in total. The number of nitrogens with one attached hydrogen (secondary N) is 1. The van der Waals surface area contributed by atoms with Crippen LogP contribution in [0.2, 0.25) is 0 Å². The number of hydrogen-bond acceptors (Lipinski definition) is 5. The van der Waals surface area contributed by atoms with Gasteiger partial charge >= 0.3 is 6.18 Å². The summed E-state index contributed by atoms with van der Waals surface area (Å²) >= 11 is 0. The van der Waals surface area contributed by atoms with Crippen LogP contribution in [-0.2, 0) is 9.84 Å². The molecular weight excluding hydrogens is 419 g/mol. The molecule has 0 bridgehead atoms. The Labute approximate surface area is 172 Å². The molecule has 3 aromatic rings. The summed E-state index contributed by atoms with van der Waals surface area (Å²) in [5, 5.41) is 8.63. The molecule has 1 fully saturated rings. The molecule has 30 heavy (non-hydrogen) atoms. The average molecular weight is 443 g/mol. The molecule has 1 saturated carbocycles. The zero-order valence-electron chi connectivity index (χ0n) is 16.6. The van der Waals surface area contributed by atoms with Gasteiger partial charge in [-0.2, -0.15) is 13.2 Å². The maximum Gasteiger partial charge on any atom is 0.389 e. The minimum absolute atomic E-state index is 0.0425. The van der Waals surface area contributed by atoms with Crippen molar-refractivity contribution in [3.8, 4) is 0 Å². The summed E-state index contributed by atoms with van der Waals surface area (Å²) in [5.74, 6) is 0.493. The Kier molecular flexibility index (Phi) is 5.50. The van der Waals surface area contributed by atoms with E-state index in [1.165, 1.54) is 0 Å². The molecule has 0 aromatic carbocycles. The molecule has 0 aliphatic heterocycles. The molecule has 4 rings (SSSR count). The van der Waals surface area contributed by atoms with E-state index in [9.17, 15) is 21.6 Å². The predicted molar refractivity (Wildman–Crippen MR) is 106 cm³/mol. The van der Waals surface area contributed by atoms with Crippen LogP contribution in [0.5, 0.6) is 0 Å². The Morgan fingerprint density at radius 1 is 1.27 bits per heavy atom. The first kappa shape index (κ1) is 21.1. The van der Waals surface area contributed by atoms with Crippen molar-refractivity contribution in [2.24, 2.45) is 11.8 Å². The van der Waals surface area contributed by atoms with E-state index in [-0.39, 0.29) is 29.9 Å². The third-order valence-corrected chi connectivity index (χ3v) is 7.91. The van der Waals surface area contributed by atoms with Crippen LogP contribution in [-0.4, -0.2) is 50.7 Å². The third-order valence-electron chi connectivity index (χ3n) is 6.02. The van der Waals surface area contributed by atoms with Crippen molar-refractivity contribution in [2.75, 3.05) is 11.5 Å². The summed E-state index contributed by atoms with van der Waals surface area (Å²) in [4.78, 5) is 7.39. The molecule has 11 heteroatoms. The van der Waals surface area contributed by atoms with E-state index < -0.39 is 28.2 Å². The first-order valence-corrected chi connectivity index (χ1v) is 11.9. The van der Waals surface area contributed by atoms with Crippen LogP contribution in [0.4, 0.5) is 13.2 Å². The number of hydrogen-bond donors (Lipinski definition) is 1. The molecule has 1 N–H and O–H groups in total. The zero-order chi connectivity index (χ0) is 21.5. The first-order chi connectivity index (χ1) is 14.2. The Bertz CT molecular complexity index is 1140. The molecule has 3 atom stereocenters. The number of H-pyrrole nitrogens is 1. The molecule has 3 aromatic heterocycles. The van der Waals surface area contributed by atoms with Crippen molar-refractivity contribution in [2.45, 2.75) is 51.1 Å². The second-order valence-corrected chi connectivity index (χ2v) is 10.4. The predicted octanol–water partition coefficient (Wildman–Crippen LogP) is 3.88. The number of aromatic amines is 1. The van der Waals surface area contributed by atoms with Gasteiger partial charge in [-0.15, -0.1) is 10.2 Å². The standard InChI is InChI=1S/C19H24F3N5O2S/c1-2-13-8-12(11-30(28,29)7-3-5-19(20,21)22)9-14(13)18-26-25-16-10-24-17-15(27(16)18)4-6-23-17/h4,6,10,12-14,23H,2-3,5,7-9,11H2,1H3/t12-,13+,14-/m0/s1. The van der Waals surface area contributed by atoms with Crippen LogP contribution >= 0.6 is 0 Å². The van der Waals surface area contributed by atoms with Gasteiger partial charge in [0, 0.05) is 18.5 Å². The van der Waals surface area contributed by atoms with Gasteiger partial charge < -0.3 is 4.98 Å².